The lowest BCUT2D eigenvalue weighted by Gasteiger charge is -2.16. The molecule has 16 heavy (non-hydrogen) atoms. The number of rotatable bonds is 9. The van der Waals surface area contributed by atoms with E-state index in [1.54, 1.807) is 6.26 Å². The summed E-state index contributed by atoms with van der Waals surface area (Å²) in [5, 5.41) is 7.06. The minimum atomic E-state index is -0.111. The van der Waals surface area contributed by atoms with E-state index in [9.17, 15) is 0 Å². The molecule has 0 unspecified atom stereocenters. The van der Waals surface area contributed by atoms with Gasteiger partial charge in [0.15, 0.2) is 6.29 Å². The molecule has 0 radical (unpaired) electrons. The monoisotopic (exact) mass is 228 g/mol. The van der Waals surface area contributed by atoms with Gasteiger partial charge in [0, 0.05) is 38.8 Å². The summed E-state index contributed by atoms with van der Waals surface area (Å²) in [6.07, 6.45) is 2.29. The van der Waals surface area contributed by atoms with Crippen molar-refractivity contribution >= 4 is 0 Å². The van der Waals surface area contributed by atoms with Crippen LogP contribution >= 0.6 is 0 Å². The fourth-order valence-electron chi connectivity index (χ4n) is 1.35. The van der Waals surface area contributed by atoms with Crippen molar-refractivity contribution in [2.75, 3.05) is 19.8 Å². The summed E-state index contributed by atoms with van der Waals surface area (Å²) in [5.41, 5.74) is 0.907. The zero-order valence-corrected chi connectivity index (χ0v) is 9.94. The van der Waals surface area contributed by atoms with Gasteiger partial charge in [0.1, 0.15) is 6.26 Å². The first-order valence-electron chi connectivity index (χ1n) is 5.70. The molecule has 1 aromatic heterocycles. The zero-order valence-electron chi connectivity index (χ0n) is 9.94. The minimum Gasteiger partial charge on any atom is -0.364 e. The minimum absolute atomic E-state index is 0.111. The quantitative estimate of drug-likeness (QED) is 0.513. The van der Waals surface area contributed by atoms with Gasteiger partial charge in [-0.3, -0.25) is 0 Å². The van der Waals surface area contributed by atoms with Crippen molar-refractivity contribution in [3.63, 3.8) is 0 Å². The highest BCUT2D eigenvalue weighted by Crippen LogP contribution is 2.00. The van der Waals surface area contributed by atoms with Gasteiger partial charge in [-0.05, 0) is 13.8 Å². The van der Waals surface area contributed by atoms with Gasteiger partial charge in [-0.15, -0.1) is 0 Å². The van der Waals surface area contributed by atoms with Crippen molar-refractivity contribution in [2.24, 2.45) is 0 Å². The maximum atomic E-state index is 5.42. The summed E-state index contributed by atoms with van der Waals surface area (Å²) in [7, 11) is 0. The predicted molar refractivity (Wildman–Crippen MR) is 59.9 cm³/mol. The topological polar surface area (TPSA) is 56.5 Å². The Labute approximate surface area is 96.1 Å². The number of ether oxygens (including phenoxy) is 2. The van der Waals surface area contributed by atoms with Crippen LogP contribution < -0.4 is 5.32 Å². The number of nitrogens with zero attached hydrogens (tertiary/aromatic N) is 1. The van der Waals surface area contributed by atoms with Crippen molar-refractivity contribution in [3.8, 4) is 0 Å². The van der Waals surface area contributed by atoms with Gasteiger partial charge in [0.2, 0.25) is 0 Å². The Morgan fingerprint density at radius 2 is 2.12 bits per heavy atom. The molecule has 0 aliphatic heterocycles. The van der Waals surface area contributed by atoms with Crippen molar-refractivity contribution in [2.45, 2.75) is 33.1 Å². The maximum Gasteiger partial charge on any atom is 0.158 e. The molecule has 1 heterocycles. The largest absolute Gasteiger partial charge is 0.364 e. The van der Waals surface area contributed by atoms with Crippen LogP contribution in [0.3, 0.4) is 0 Å². The van der Waals surface area contributed by atoms with Crippen molar-refractivity contribution < 1.29 is 14.0 Å². The first-order chi connectivity index (χ1) is 7.86. The zero-order chi connectivity index (χ0) is 11.6. The molecule has 1 aromatic rings. The van der Waals surface area contributed by atoms with Gasteiger partial charge in [-0.25, -0.2) is 0 Å². The molecule has 0 saturated carbocycles. The molecule has 92 valence electrons. The van der Waals surface area contributed by atoms with Crippen LogP contribution in [0.5, 0.6) is 0 Å². The molecule has 1 rings (SSSR count). The highest BCUT2D eigenvalue weighted by molar-refractivity contribution is 4.93. The van der Waals surface area contributed by atoms with E-state index in [4.69, 9.17) is 14.0 Å². The molecule has 0 saturated heterocycles. The molecule has 0 amide bonds. The molecule has 0 atom stereocenters. The van der Waals surface area contributed by atoms with Crippen LogP contribution in [0.4, 0.5) is 0 Å². The number of aromatic nitrogens is 1. The van der Waals surface area contributed by atoms with Crippen LogP contribution in [0.15, 0.2) is 16.9 Å². The standard InChI is InChI=1S/C11H20N2O3/c1-3-14-11(15-4-2)5-7-12-9-10-6-8-16-13-10/h6,8,11-12H,3-5,7,9H2,1-2H3. The van der Waals surface area contributed by atoms with Gasteiger partial charge < -0.3 is 19.3 Å². The van der Waals surface area contributed by atoms with Crippen LogP contribution in [-0.2, 0) is 16.0 Å². The normalized spacial score (nSPS) is 11.2. The average molecular weight is 228 g/mol. The molecule has 5 nitrogen and oxygen atoms in total. The fraction of sp³-hybridized carbons (Fsp3) is 0.727. The van der Waals surface area contributed by atoms with E-state index >= 15 is 0 Å². The lowest BCUT2D eigenvalue weighted by atomic mass is 10.3. The molecular weight excluding hydrogens is 208 g/mol. The Kier molecular flexibility index (Phi) is 6.80. The molecular formula is C11H20N2O3. The summed E-state index contributed by atoms with van der Waals surface area (Å²) >= 11 is 0. The summed E-state index contributed by atoms with van der Waals surface area (Å²) in [5.74, 6) is 0. The Morgan fingerprint density at radius 1 is 1.38 bits per heavy atom. The second kappa shape index (κ2) is 8.27. The van der Waals surface area contributed by atoms with Crippen LogP contribution in [0.25, 0.3) is 0 Å². The van der Waals surface area contributed by atoms with Crippen molar-refractivity contribution in [1.82, 2.24) is 10.5 Å². The van der Waals surface area contributed by atoms with E-state index in [2.05, 4.69) is 10.5 Å². The van der Waals surface area contributed by atoms with Crippen LogP contribution in [0.2, 0.25) is 0 Å². The Morgan fingerprint density at radius 3 is 2.69 bits per heavy atom. The molecule has 0 aliphatic rings. The van der Waals surface area contributed by atoms with Gasteiger partial charge in [0.25, 0.3) is 0 Å². The second-order valence-corrected chi connectivity index (χ2v) is 3.30. The molecule has 0 spiro atoms. The molecule has 0 bridgehead atoms. The van der Waals surface area contributed by atoms with Crippen molar-refractivity contribution in [3.05, 3.63) is 18.0 Å². The molecule has 1 N–H and O–H groups in total. The third-order valence-electron chi connectivity index (χ3n) is 2.06. The first kappa shape index (κ1) is 13.2. The van der Waals surface area contributed by atoms with E-state index in [1.165, 1.54) is 0 Å². The third kappa shape index (κ3) is 5.25. The Hall–Kier alpha value is -0.910. The van der Waals surface area contributed by atoms with E-state index in [0.29, 0.717) is 19.8 Å². The van der Waals surface area contributed by atoms with Crippen LogP contribution in [-0.4, -0.2) is 31.2 Å². The van der Waals surface area contributed by atoms with Gasteiger partial charge in [0.05, 0.1) is 5.69 Å². The number of nitrogens with one attached hydrogen (secondary N) is 1. The van der Waals surface area contributed by atoms with Gasteiger partial charge >= 0.3 is 0 Å². The van der Waals surface area contributed by atoms with Crippen molar-refractivity contribution in [1.29, 1.82) is 0 Å². The van der Waals surface area contributed by atoms with E-state index in [1.807, 2.05) is 19.9 Å². The predicted octanol–water partition coefficient (Wildman–Crippen LogP) is 1.55. The summed E-state index contributed by atoms with van der Waals surface area (Å²) in [4.78, 5) is 0. The number of hydrogen-bond donors (Lipinski definition) is 1. The molecule has 0 aliphatic carbocycles. The Balaban J connectivity index is 2.08. The third-order valence-corrected chi connectivity index (χ3v) is 2.06. The summed E-state index contributed by atoms with van der Waals surface area (Å²) in [6, 6.07) is 1.84. The summed E-state index contributed by atoms with van der Waals surface area (Å²) in [6.45, 7) is 6.82. The van der Waals surface area contributed by atoms with Gasteiger partial charge in [-0.1, -0.05) is 5.16 Å². The van der Waals surface area contributed by atoms with Crippen LogP contribution in [0, 0.1) is 0 Å². The average Bonchev–Trinajstić information content (AvgIpc) is 2.78. The molecule has 5 heteroatoms. The van der Waals surface area contributed by atoms with Gasteiger partial charge in [-0.2, -0.15) is 0 Å². The van der Waals surface area contributed by atoms with E-state index in [0.717, 1.165) is 18.7 Å². The smallest absolute Gasteiger partial charge is 0.158 e. The summed E-state index contributed by atoms with van der Waals surface area (Å²) < 4.78 is 15.6. The fourth-order valence-corrected chi connectivity index (χ4v) is 1.35. The second-order valence-electron chi connectivity index (χ2n) is 3.30. The SMILES string of the molecule is CCOC(CCNCc1ccon1)OCC. The maximum absolute atomic E-state index is 5.42. The number of hydrogen-bond acceptors (Lipinski definition) is 5. The Bertz CT molecular complexity index is 246. The van der Waals surface area contributed by atoms with Crippen LogP contribution in [0.1, 0.15) is 26.0 Å². The van der Waals surface area contributed by atoms with E-state index < -0.39 is 0 Å². The lowest BCUT2D eigenvalue weighted by Crippen LogP contribution is -2.24. The van der Waals surface area contributed by atoms with E-state index in [-0.39, 0.29) is 6.29 Å². The first-order valence-corrected chi connectivity index (χ1v) is 5.70. The molecule has 0 aromatic carbocycles. The highest BCUT2D eigenvalue weighted by Gasteiger charge is 2.06. The molecule has 0 fully saturated rings. The highest BCUT2D eigenvalue weighted by atomic mass is 16.7. The lowest BCUT2D eigenvalue weighted by molar-refractivity contribution is -0.138.